The van der Waals surface area contributed by atoms with Crippen LogP contribution in [0.2, 0.25) is 0 Å². The maximum Gasteiger partial charge on any atom is 0.405 e. The van der Waals surface area contributed by atoms with Crippen LogP contribution in [0.1, 0.15) is 35.7 Å². The Hall–Kier alpha value is -2.60. The molecule has 2 aromatic rings. The van der Waals surface area contributed by atoms with E-state index in [1.807, 2.05) is 25.2 Å². The average molecular weight is 410 g/mol. The molecule has 2 amide bonds. The van der Waals surface area contributed by atoms with Crippen molar-refractivity contribution in [1.82, 2.24) is 10.3 Å². The van der Waals surface area contributed by atoms with Gasteiger partial charge >= 0.3 is 12.2 Å². The van der Waals surface area contributed by atoms with Crippen LogP contribution in [-0.4, -0.2) is 23.7 Å². The van der Waals surface area contributed by atoms with Crippen molar-refractivity contribution in [3.63, 3.8) is 0 Å². The van der Waals surface area contributed by atoms with E-state index in [0.29, 0.717) is 34.2 Å². The Labute approximate surface area is 165 Å². The molecule has 1 aromatic carbocycles. The molecule has 0 saturated carbocycles. The Morgan fingerprint density at radius 2 is 2.11 bits per heavy atom. The van der Waals surface area contributed by atoms with Crippen LogP contribution in [0.3, 0.4) is 0 Å². The molecule has 0 bridgehead atoms. The van der Waals surface area contributed by atoms with Crippen molar-refractivity contribution >= 4 is 22.4 Å². The molecule has 1 heterocycles. The third kappa shape index (κ3) is 6.23. The molecule has 0 atom stereocenters. The Morgan fingerprint density at radius 3 is 2.71 bits per heavy atom. The predicted octanol–water partition coefficient (Wildman–Crippen LogP) is 4.80. The first kappa shape index (κ1) is 21.7. The van der Waals surface area contributed by atoms with Gasteiger partial charge in [-0.15, -0.1) is 11.3 Å². The molecule has 0 aliphatic heterocycles. The number of aromatic nitrogens is 1. The number of alkyl halides is 3. The number of nitriles is 1. The minimum atomic E-state index is -4.51. The van der Waals surface area contributed by atoms with Crippen LogP contribution >= 0.6 is 11.3 Å². The number of hydrogen-bond acceptors (Lipinski definition) is 4. The summed E-state index contributed by atoms with van der Waals surface area (Å²) in [6, 6.07) is 7.77. The van der Waals surface area contributed by atoms with E-state index in [1.54, 1.807) is 31.2 Å². The quantitative estimate of drug-likeness (QED) is 0.744. The van der Waals surface area contributed by atoms with Crippen molar-refractivity contribution in [1.29, 1.82) is 5.26 Å². The lowest BCUT2D eigenvalue weighted by Gasteiger charge is -2.23. The molecule has 0 fully saturated rings. The van der Waals surface area contributed by atoms with Crippen LogP contribution < -0.4 is 10.2 Å². The van der Waals surface area contributed by atoms with Crippen molar-refractivity contribution in [3.8, 4) is 6.07 Å². The van der Waals surface area contributed by atoms with Gasteiger partial charge in [-0.3, -0.25) is 4.90 Å². The van der Waals surface area contributed by atoms with Crippen molar-refractivity contribution in [2.24, 2.45) is 5.92 Å². The summed E-state index contributed by atoms with van der Waals surface area (Å²) >= 11 is 1.29. The fourth-order valence-corrected chi connectivity index (χ4v) is 3.83. The zero-order valence-electron chi connectivity index (χ0n) is 15.8. The van der Waals surface area contributed by atoms with Gasteiger partial charge in [0.25, 0.3) is 0 Å². The van der Waals surface area contributed by atoms with Gasteiger partial charge in [-0.25, -0.2) is 9.78 Å². The fourth-order valence-electron chi connectivity index (χ4n) is 2.56. The van der Waals surface area contributed by atoms with E-state index in [9.17, 15) is 18.0 Å². The van der Waals surface area contributed by atoms with Crippen LogP contribution in [-0.2, 0) is 13.0 Å². The van der Waals surface area contributed by atoms with E-state index in [0.717, 1.165) is 5.01 Å². The van der Waals surface area contributed by atoms with Crippen LogP contribution in [0.4, 0.5) is 23.0 Å². The van der Waals surface area contributed by atoms with E-state index in [4.69, 9.17) is 5.26 Å². The Morgan fingerprint density at radius 1 is 1.39 bits per heavy atom. The number of rotatable bonds is 6. The molecule has 5 nitrogen and oxygen atoms in total. The molecule has 0 saturated heterocycles. The first-order valence-corrected chi connectivity index (χ1v) is 9.48. The van der Waals surface area contributed by atoms with Crippen LogP contribution in [0.5, 0.6) is 0 Å². The molecular formula is C19H21F3N4OS. The standard InChI is InChI=1S/C19H21F3N4OS/c1-12(2)7-16-25-13(3)17(28-16)26(18(27)24-11-19(20,21)22)10-15-6-4-5-14(8-15)9-23/h4-6,8,12H,7,10-11H2,1-3H3,(H,24,27). The van der Waals surface area contributed by atoms with E-state index in [-0.39, 0.29) is 6.54 Å². The molecular weight excluding hydrogens is 389 g/mol. The number of carbonyl (C=O) groups excluding carboxylic acids is 1. The van der Waals surface area contributed by atoms with Crippen molar-refractivity contribution < 1.29 is 18.0 Å². The topological polar surface area (TPSA) is 69.0 Å². The predicted molar refractivity (Wildman–Crippen MR) is 102 cm³/mol. The highest BCUT2D eigenvalue weighted by Crippen LogP contribution is 2.31. The number of nitrogens with one attached hydrogen (secondary N) is 1. The maximum absolute atomic E-state index is 12.6. The molecule has 28 heavy (non-hydrogen) atoms. The average Bonchev–Trinajstić information content (AvgIpc) is 2.96. The third-order valence-electron chi connectivity index (χ3n) is 3.73. The number of carbonyl (C=O) groups is 1. The number of thiazole rings is 1. The van der Waals surface area contributed by atoms with Gasteiger partial charge in [0, 0.05) is 6.42 Å². The molecule has 9 heteroatoms. The minimum absolute atomic E-state index is 0.0311. The Bertz CT molecular complexity index is 871. The van der Waals surface area contributed by atoms with E-state index in [1.165, 1.54) is 16.2 Å². The second kappa shape index (κ2) is 9.06. The largest absolute Gasteiger partial charge is 0.405 e. The molecule has 1 aromatic heterocycles. The highest BCUT2D eigenvalue weighted by Gasteiger charge is 2.30. The van der Waals surface area contributed by atoms with Crippen molar-refractivity contribution in [2.75, 3.05) is 11.4 Å². The third-order valence-corrected chi connectivity index (χ3v) is 4.93. The molecule has 2 rings (SSSR count). The van der Waals surface area contributed by atoms with E-state index >= 15 is 0 Å². The lowest BCUT2D eigenvalue weighted by molar-refractivity contribution is -0.122. The number of amides is 2. The van der Waals surface area contributed by atoms with Gasteiger partial charge in [-0.1, -0.05) is 26.0 Å². The highest BCUT2D eigenvalue weighted by molar-refractivity contribution is 7.16. The SMILES string of the molecule is Cc1nc(CC(C)C)sc1N(Cc1cccc(C#N)c1)C(=O)NCC(F)(F)F. The first-order chi connectivity index (χ1) is 13.1. The number of benzene rings is 1. The van der Waals surface area contributed by atoms with Crippen molar-refractivity contribution in [2.45, 2.75) is 39.9 Å². The number of hydrogen-bond donors (Lipinski definition) is 1. The number of urea groups is 1. The summed E-state index contributed by atoms with van der Waals surface area (Å²) in [5.74, 6) is 0.359. The number of aryl methyl sites for hydroxylation is 1. The molecule has 0 radical (unpaired) electrons. The number of halogens is 3. The summed E-state index contributed by atoms with van der Waals surface area (Å²) < 4.78 is 37.7. The number of anilines is 1. The summed E-state index contributed by atoms with van der Waals surface area (Å²) in [5.41, 5.74) is 1.63. The van der Waals surface area contributed by atoms with E-state index < -0.39 is 18.8 Å². The van der Waals surface area contributed by atoms with Crippen molar-refractivity contribution in [3.05, 3.63) is 46.1 Å². The summed E-state index contributed by atoms with van der Waals surface area (Å²) in [6.07, 6.45) is -3.79. The molecule has 0 aliphatic rings. The second-order valence-electron chi connectivity index (χ2n) is 6.77. The summed E-state index contributed by atoms with van der Waals surface area (Å²) in [7, 11) is 0. The first-order valence-electron chi connectivity index (χ1n) is 8.66. The lowest BCUT2D eigenvalue weighted by atomic mass is 10.1. The molecule has 150 valence electrons. The molecule has 0 unspecified atom stereocenters. The number of nitrogens with zero attached hydrogens (tertiary/aromatic N) is 3. The summed E-state index contributed by atoms with van der Waals surface area (Å²) in [5, 5.41) is 12.3. The molecule has 0 spiro atoms. The lowest BCUT2D eigenvalue weighted by Crippen LogP contribution is -2.43. The molecule has 1 N–H and O–H groups in total. The van der Waals surface area contributed by atoms with Gasteiger partial charge in [0.1, 0.15) is 11.5 Å². The normalized spacial score (nSPS) is 11.4. The maximum atomic E-state index is 12.6. The second-order valence-corrected chi connectivity index (χ2v) is 7.83. The van der Waals surface area contributed by atoms with Crippen LogP contribution in [0, 0.1) is 24.2 Å². The van der Waals surface area contributed by atoms with Gasteiger partial charge in [-0.2, -0.15) is 18.4 Å². The zero-order chi connectivity index (χ0) is 20.9. The fraction of sp³-hybridized carbons (Fsp3) is 0.421. The van der Waals surface area contributed by atoms with Gasteiger partial charge in [-0.05, 0) is 30.5 Å². The Balaban J connectivity index is 2.34. The monoisotopic (exact) mass is 410 g/mol. The van der Waals surface area contributed by atoms with E-state index in [2.05, 4.69) is 4.98 Å². The smallest absolute Gasteiger partial charge is 0.329 e. The summed E-state index contributed by atoms with van der Waals surface area (Å²) in [4.78, 5) is 18.3. The van der Waals surface area contributed by atoms with Crippen LogP contribution in [0.15, 0.2) is 24.3 Å². The molecule has 0 aliphatic carbocycles. The highest BCUT2D eigenvalue weighted by atomic mass is 32.1. The zero-order valence-corrected chi connectivity index (χ0v) is 16.6. The van der Waals surface area contributed by atoms with Crippen LogP contribution in [0.25, 0.3) is 0 Å². The van der Waals surface area contributed by atoms with Gasteiger partial charge in [0.05, 0.1) is 28.9 Å². The summed E-state index contributed by atoms with van der Waals surface area (Å²) in [6.45, 7) is 4.42. The van der Waals surface area contributed by atoms with Gasteiger partial charge < -0.3 is 5.32 Å². The Kier molecular flexibility index (Phi) is 7.02. The minimum Gasteiger partial charge on any atom is -0.329 e. The van der Waals surface area contributed by atoms with Gasteiger partial charge in [0.15, 0.2) is 0 Å². The van der Waals surface area contributed by atoms with Gasteiger partial charge in [0.2, 0.25) is 0 Å².